The normalized spacial score (nSPS) is 20.8. The van der Waals surface area contributed by atoms with Crippen molar-refractivity contribution in [3.8, 4) is 0 Å². The summed E-state index contributed by atoms with van der Waals surface area (Å²) in [5.41, 5.74) is 1.31. The van der Waals surface area contributed by atoms with Gasteiger partial charge in [0.05, 0.1) is 11.9 Å². The fourth-order valence-electron chi connectivity index (χ4n) is 4.42. The molecule has 1 N–H and O–H groups in total. The van der Waals surface area contributed by atoms with Crippen LogP contribution in [0.2, 0.25) is 0 Å². The Bertz CT molecular complexity index is 858. The summed E-state index contributed by atoms with van der Waals surface area (Å²) in [5, 5.41) is 4.23. The molecule has 2 aliphatic rings. The predicted molar refractivity (Wildman–Crippen MR) is 115 cm³/mol. The van der Waals surface area contributed by atoms with Gasteiger partial charge in [-0.3, -0.25) is 9.69 Å². The second-order valence-electron chi connectivity index (χ2n) is 8.30. The summed E-state index contributed by atoms with van der Waals surface area (Å²) >= 11 is 1.79. The van der Waals surface area contributed by atoms with Crippen molar-refractivity contribution in [2.45, 2.75) is 53.0 Å². The summed E-state index contributed by atoms with van der Waals surface area (Å²) in [7, 11) is 0. The van der Waals surface area contributed by atoms with Gasteiger partial charge in [-0.2, -0.15) is 0 Å². The number of hydrogen-bond donors (Lipinski definition) is 1. The van der Waals surface area contributed by atoms with Gasteiger partial charge in [-0.25, -0.2) is 9.97 Å². The number of fused-ring (bicyclic) bond motifs is 1. The molecule has 0 radical (unpaired) electrons. The lowest BCUT2D eigenvalue weighted by Crippen LogP contribution is -2.41. The van der Waals surface area contributed by atoms with Gasteiger partial charge >= 0.3 is 0 Å². The molecule has 0 aliphatic carbocycles. The number of anilines is 1. The van der Waals surface area contributed by atoms with E-state index >= 15 is 0 Å². The molecule has 1 atom stereocenters. The highest BCUT2D eigenvalue weighted by molar-refractivity contribution is 7.18. The van der Waals surface area contributed by atoms with Crippen LogP contribution in [0.3, 0.4) is 0 Å². The minimum atomic E-state index is 0.0544. The van der Waals surface area contributed by atoms with Crippen molar-refractivity contribution in [2.24, 2.45) is 5.92 Å². The molecule has 0 aromatic carbocycles. The van der Waals surface area contributed by atoms with E-state index < -0.39 is 0 Å². The average molecular weight is 402 g/mol. The molecule has 4 heterocycles. The van der Waals surface area contributed by atoms with Crippen LogP contribution in [-0.4, -0.2) is 53.5 Å². The van der Waals surface area contributed by atoms with E-state index in [0.717, 1.165) is 68.6 Å². The molecule has 0 saturated carbocycles. The van der Waals surface area contributed by atoms with Gasteiger partial charge in [0, 0.05) is 31.4 Å². The van der Waals surface area contributed by atoms with Gasteiger partial charge < -0.3 is 10.2 Å². The largest absolute Gasteiger partial charge is 0.356 e. The molecule has 4 rings (SSSR count). The molecule has 152 valence electrons. The van der Waals surface area contributed by atoms with E-state index in [0.29, 0.717) is 5.92 Å². The highest BCUT2D eigenvalue weighted by Gasteiger charge is 2.26. The molecule has 0 bridgehead atoms. The zero-order valence-electron chi connectivity index (χ0n) is 17.3. The Kier molecular flexibility index (Phi) is 5.83. The minimum absolute atomic E-state index is 0.0544. The summed E-state index contributed by atoms with van der Waals surface area (Å²) < 4.78 is 0. The first-order valence-electron chi connectivity index (χ1n) is 10.5. The lowest BCUT2D eigenvalue weighted by atomic mass is 9.97. The lowest BCUT2D eigenvalue weighted by Gasteiger charge is -2.34. The van der Waals surface area contributed by atoms with Crippen LogP contribution in [0.4, 0.5) is 5.82 Å². The van der Waals surface area contributed by atoms with E-state index in [1.54, 1.807) is 18.3 Å². The first kappa shape index (κ1) is 19.6. The zero-order chi connectivity index (χ0) is 19.7. The summed E-state index contributed by atoms with van der Waals surface area (Å²) in [4.78, 5) is 28.7. The molecule has 1 unspecified atom stereocenters. The van der Waals surface area contributed by atoms with Gasteiger partial charge in [0.15, 0.2) is 0 Å². The Morgan fingerprint density at radius 1 is 1.18 bits per heavy atom. The third kappa shape index (κ3) is 4.15. The number of piperidine rings is 1. The maximum Gasteiger partial charge on any atom is 0.216 e. The summed E-state index contributed by atoms with van der Waals surface area (Å²) in [6.07, 6.45) is 4.86. The molecule has 1 amide bonds. The first-order chi connectivity index (χ1) is 13.5. The third-order valence-electron chi connectivity index (χ3n) is 6.08. The first-order valence-corrected chi connectivity index (χ1v) is 11.3. The van der Waals surface area contributed by atoms with Crippen LogP contribution < -0.4 is 10.2 Å². The quantitative estimate of drug-likeness (QED) is 0.833. The molecule has 6 nitrogen and oxygen atoms in total. The van der Waals surface area contributed by atoms with Crippen molar-refractivity contribution in [1.82, 2.24) is 20.2 Å². The molecule has 2 aromatic rings. The van der Waals surface area contributed by atoms with E-state index in [9.17, 15) is 4.79 Å². The Hall–Kier alpha value is -1.73. The zero-order valence-corrected chi connectivity index (χ0v) is 18.1. The smallest absolute Gasteiger partial charge is 0.216 e. The van der Waals surface area contributed by atoms with Gasteiger partial charge in [0.2, 0.25) is 5.91 Å². The van der Waals surface area contributed by atoms with Crippen LogP contribution in [0, 0.1) is 19.8 Å². The van der Waals surface area contributed by atoms with E-state index in [4.69, 9.17) is 9.97 Å². The van der Waals surface area contributed by atoms with Crippen LogP contribution in [0.15, 0.2) is 0 Å². The van der Waals surface area contributed by atoms with Crippen molar-refractivity contribution in [3.63, 3.8) is 0 Å². The molecular formula is C21H31N5OS. The van der Waals surface area contributed by atoms with Gasteiger partial charge in [-0.05, 0) is 64.1 Å². The SMILES string of the molecule is CC(=O)NCC1CCCN(c2nc(CN3CCCC3)nc3sc(C)c(C)c23)C1. The number of rotatable bonds is 5. The number of nitrogens with one attached hydrogen (secondary N) is 1. The fourth-order valence-corrected chi connectivity index (χ4v) is 5.47. The minimum Gasteiger partial charge on any atom is -0.356 e. The highest BCUT2D eigenvalue weighted by atomic mass is 32.1. The van der Waals surface area contributed by atoms with E-state index in [2.05, 4.69) is 29.0 Å². The maximum atomic E-state index is 11.3. The summed E-state index contributed by atoms with van der Waals surface area (Å²) in [6, 6.07) is 0. The second kappa shape index (κ2) is 8.33. The number of likely N-dealkylation sites (tertiary alicyclic amines) is 1. The van der Waals surface area contributed by atoms with E-state index in [1.165, 1.54) is 28.7 Å². The average Bonchev–Trinajstić information content (AvgIpc) is 3.28. The van der Waals surface area contributed by atoms with Crippen LogP contribution in [-0.2, 0) is 11.3 Å². The predicted octanol–water partition coefficient (Wildman–Crippen LogP) is 3.26. The van der Waals surface area contributed by atoms with Crippen molar-refractivity contribution in [1.29, 1.82) is 0 Å². The Balaban J connectivity index is 1.64. The van der Waals surface area contributed by atoms with Crippen molar-refractivity contribution in [2.75, 3.05) is 37.6 Å². The molecule has 7 heteroatoms. The molecule has 2 fully saturated rings. The topological polar surface area (TPSA) is 61.4 Å². The Labute approximate surface area is 171 Å². The standard InChI is InChI=1S/C21H31N5OS/c1-14-15(2)28-21-19(14)20(23-18(24-21)13-25-8-4-5-9-25)26-10-6-7-17(12-26)11-22-16(3)27/h17H,4-13H2,1-3H3,(H,22,27). The number of thiophene rings is 1. The number of carbonyl (C=O) groups is 1. The molecule has 0 spiro atoms. The number of aryl methyl sites for hydroxylation is 2. The van der Waals surface area contributed by atoms with Crippen LogP contribution in [0.25, 0.3) is 10.2 Å². The molecular weight excluding hydrogens is 370 g/mol. The maximum absolute atomic E-state index is 11.3. The molecule has 2 saturated heterocycles. The molecule has 28 heavy (non-hydrogen) atoms. The van der Waals surface area contributed by atoms with Crippen LogP contribution >= 0.6 is 11.3 Å². The third-order valence-corrected chi connectivity index (χ3v) is 7.18. The number of hydrogen-bond acceptors (Lipinski definition) is 6. The van der Waals surface area contributed by atoms with Crippen molar-refractivity contribution in [3.05, 3.63) is 16.3 Å². The fraction of sp³-hybridized carbons (Fsp3) is 0.667. The van der Waals surface area contributed by atoms with Crippen molar-refractivity contribution < 1.29 is 4.79 Å². The number of amides is 1. The Morgan fingerprint density at radius 2 is 1.96 bits per heavy atom. The van der Waals surface area contributed by atoms with Crippen LogP contribution in [0.1, 0.15) is 48.9 Å². The monoisotopic (exact) mass is 401 g/mol. The Morgan fingerprint density at radius 3 is 2.71 bits per heavy atom. The van der Waals surface area contributed by atoms with Crippen LogP contribution in [0.5, 0.6) is 0 Å². The number of aromatic nitrogens is 2. The van der Waals surface area contributed by atoms with Gasteiger partial charge in [-0.1, -0.05) is 0 Å². The summed E-state index contributed by atoms with van der Waals surface area (Å²) in [5.74, 6) is 2.59. The van der Waals surface area contributed by atoms with Gasteiger partial charge in [-0.15, -0.1) is 11.3 Å². The molecule has 2 aliphatic heterocycles. The second-order valence-corrected chi connectivity index (χ2v) is 9.50. The lowest BCUT2D eigenvalue weighted by molar-refractivity contribution is -0.119. The van der Waals surface area contributed by atoms with E-state index in [1.807, 2.05) is 0 Å². The molecule has 2 aromatic heterocycles. The van der Waals surface area contributed by atoms with Crippen molar-refractivity contribution >= 4 is 33.3 Å². The summed E-state index contributed by atoms with van der Waals surface area (Å²) in [6.45, 7) is 11.9. The number of nitrogens with zero attached hydrogens (tertiary/aromatic N) is 4. The van der Waals surface area contributed by atoms with E-state index in [-0.39, 0.29) is 5.91 Å². The highest BCUT2D eigenvalue weighted by Crippen LogP contribution is 2.36. The van der Waals surface area contributed by atoms with Gasteiger partial charge in [0.1, 0.15) is 16.5 Å². The van der Waals surface area contributed by atoms with Gasteiger partial charge in [0.25, 0.3) is 0 Å². The number of carbonyl (C=O) groups excluding carboxylic acids is 1.